The van der Waals surface area contributed by atoms with Crippen molar-refractivity contribution in [1.82, 2.24) is 4.72 Å². The molecule has 158 valence electrons. The van der Waals surface area contributed by atoms with Gasteiger partial charge in [0.25, 0.3) is 5.69 Å². The molecule has 0 saturated carbocycles. The van der Waals surface area contributed by atoms with Crippen LogP contribution in [-0.4, -0.2) is 39.5 Å². The molecule has 0 heterocycles. The van der Waals surface area contributed by atoms with E-state index in [2.05, 4.69) is 10.0 Å². The zero-order valence-corrected chi connectivity index (χ0v) is 18.2. The first-order chi connectivity index (χ1) is 13.4. The third-order valence-electron chi connectivity index (χ3n) is 4.31. The van der Waals surface area contributed by atoms with Crippen LogP contribution in [0.5, 0.6) is 0 Å². The first-order valence-electron chi connectivity index (χ1n) is 9.32. The molecule has 8 nitrogen and oxygen atoms in total. The van der Waals surface area contributed by atoms with Gasteiger partial charge in [-0.05, 0) is 32.9 Å². The van der Waals surface area contributed by atoms with Crippen LogP contribution in [-0.2, 0) is 10.0 Å². The van der Waals surface area contributed by atoms with Crippen LogP contribution >= 0.6 is 0 Å². The summed E-state index contributed by atoms with van der Waals surface area (Å²) in [6.45, 7) is 5.59. The second-order valence-corrected chi connectivity index (χ2v) is 9.90. The maximum absolute atomic E-state index is 12.5. The van der Waals surface area contributed by atoms with E-state index < -0.39 is 20.5 Å². The van der Waals surface area contributed by atoms with Crippen LogP contribution in [0.25, 0.3) is 0 Å². The van der Waals surface area contributed by atoms with Crippen LogP contribution in [0, 0.1) is 10.1 Å². The minimum Gasteiger partial charge on any atom is -0.373 e. The second kappa shape index (κ2) is 8.89. The third-order valence-corrected chi connectivity index (χ3v) is 6.07. The smallest absolute Gasteiger partial charge is 0.293 e. The molecular weight excluding hydrogens is 392 g/mol. The number of anilines is 1. The summed E-state index contributed by atoms with van der Waals surface area (Å²) in [4.78, 5) is 12.0. The highest BCUT2D eigenvalue weighted by Gasteiger charge is 2.26. The first kappa shape index (κ1) is 22.8. The van der Waals surface area contributed by atoms with Crippen molar-refractivity contribution in [3.8, 4) is 0 Å². The molecule has 2 aromatic carbocycles. The van der Waals surface area contributed by atoms with Gasteiger partial charge < -0.3 is 10.2 Å². The molecule has 0 radical (unpaired) electrons. The van der Waals surface area contributed by atoms with Crippen LogP contribution in [0.4, 0.5) is 11.4 Å². The number of benzene rings is 2. The van der Waals surface area contributed by atoms with E-state index in [0.717, 1.165) is 11.6 Å². The van der Waals surface area contributed by atoms with E-state index in [4.69, 9.17) is 0 Å². The predicted octanol–water partition coefficient (Wildman–Crippen LogP) is 1.97. The predicted molar refractivity (Wildman–Crippen MR) is 114 cm³/mol. The van der Waals surface area contributed by atoms with Crippen molar-refractivity contribution in [2.24, 2.45) is 0 Å². The number of quaternary nitrogens is 1. The normalized spacial score (nSPS) is 13.3. The molecule has 0 aromatic heterocycles. The molecule has 0 fully saturated rings. The van der Waals surface area contributed by atoms with E-state index in [9.17, 15) is 18.5 Å². The molecule has 0 unspecified atom stereocenters. The number of nitro benzene ring substituents is 1. The summed E-state index contributed by atoms with van der Waals surface area (Å²) in [5.41, 5.74) is 0.424. The van der Waals surface area contributed by atoms with Gasteiger partial charge in [-0.1, -0.05) is 30.3 Å². The first-order valence-corrected chi connectivity index (χ1v) is 10.8. The van der Waals surface area contributed by atoms with Gasteiger partial charge >= 0.3 is 0 Å². The molecule has 0 spiro atoms. The van der Waals surface area contributed by atoms with Crippen molar-refractivity contribution < 1.29 is 18.2 Å². The Labute approximate surface area is 172 Å². The standard InChI is InChI=1S/C20H28N4O4S/c1-20(2,3)22-29(27,28)16-11-12-17(18(13-16)24(25)26)21-14-19(23(4)5)15-9-7-6-8-10-15/h6-13,19,21-22H,14H2,1-5H3/p+1/t19-/m0/s1. The average molecular weight is 422 g/mol. The summed E-state index contributed by atoms with van der Waals surface area (Å²) in [5, 5.41) is 14.7. The van der Waals surface area contributed by atoms with Crippen molar-refractivity contribution in [2.75, 3.05) is 26.0 Å². The molecule has 2 aromatic rings. The lowest BCUT2D eigenvalue weighted by atomic mass is 10.1. The van der Waals surface area contributed by atoms with Gasteiger partial charge in [0.05, 0.1) is 30.5 Å². The highest BCUT2D eigenvalue weighted by Crippen LogP contribution is 2.28. The highest BCUT2D eigenvalue weighted by atomic mass is 32.2. The van der Waals surface area contributed by atoms with Gasteiger partial charge in [-0.25, -0.2) is 13.1 Å². The zero-order valence-electron chi connectivity index (χ0n) is 17.4. The van der Waals surface area contributed by atoms with Crippen molar-refractivity contribution in [3.63, 3.8) is 0 Å². The summed E-state index contributed by atoms with van der Waals surface area (Å²) < 4.78 is 27.5. The monoisotopic (exact) mass is 421 g/mol. The van der Waals surface area contributed by atoms with Crippen LogP contribution in [0.3, 0.4) is 0 Å². The Hall–Kier alpha value is -2.49. The molecule has 1 atom stereocenters. The van der Waals surface area contributed by atoms with E-state index in [1.807, 2.05) is 44.4 Å². The van der Waals surface area contributed by atoms with Crippen molar-refractivity contribution >= 4 is 21.4 Å². The van der Waals surface area contributed by atoms with Crippen LogP contribution in [0.2, 0.25) is 0 Å². The summed E-state index contributed by atoms with van der Waals surface area (Å²) >= 11 is 0. The number of nitrogens with zero attached hydrogens (tertiary/aromatic N) is 1. The molecule has 29 heavy (non-hydrogen) atoms. The van der Waals surface area contributed by atoms with Gasteiger partial charge in [0.1, 0.15) is 11.7 Å². The van der Waals surface area contributed by atoms with Crippen LogP contribution < -0.4 is 14.9 Å². The van der Waals surface area contributed by atoms with E-state index in [1.165, 1.54) is 17.0 Å². The fraction of sp³-hybridized carbons (Fsp3) is 0.400. The van der Waals surface area contributed by atoms with Crippen molar-refractivity contribution in [1.29, 1.82) is 0 Å². The molecule has 2 rings (SSSR count). The fourth-order valence-corrected chi connectivity index (χ4v) is 4.43. The number of hydrogen-bond acceptors (Lipinski definition) is 5. The SMILES string of the molecule is C[NH+](C)[C@@H](CNc1ccc(S(=O)(=O)NC(C)(C)C)cc1[N+](=O)[O-])c1ccccc1. The summed E-state index contributed by atoms with van der Waals surface area (Å²) in [6, 6.07) is 13.9. The maximum Gasteiger partial charge on any atom is 0.293 e. The molecule has 0 amide bonds. The Kier molecular flexibility index (Phi) is 6.99. The molecule has 0 aliphatic carbocycles. The lowest BCUT2D eigenvalue weighted by Crippen LogP contribution is -3.06. The Morgan fingerprint density at radius 2 is 1.72 bits per heavy atom. The van der Waals surface area contributed by atoms with Crippen molar-refractivity contribution in [2.45, 2.75) is 37.2 Å². The summed E-state index contributed by atoms with van der Waals surface area (Å²) in [6.07, 6.45) is 0. The number of sulfonamides is 1. The van der Waals surface area contributed by atoms with E-state index in [0.29, 0.717) is 6.54 Å². The fourth-order valence-electron chi connectivity index (χ4n) is 2.99. The molecule has 0 aliphatic rings. The number of hydrogen-bond donors (Lipinski definition) is 3. The lowest BCUT2D eigenvalue weighted by Gasteiger charge is -2.23. The number of nitro groups is 1. The molecule has 0 saturated heterocycles. The highest BCUT2D eigenvalue weighted by molar-refractivity contribution is 7.89. The van der Waals surface area contributed by atoms with Gasteiger partial charge in [0, 0.05) is 17.2 Å². The minimum absolute atomic E-state index is 0.0711. The van der Waals surface area contributed by atoms with Gasteiger partial charge in [-0.15, -0.1) is 0 Å². The zero-order chi connectivity index (χ0) is 21.8. The van der Waals surface area contributed by atoms with Gasteiger partial charge in [0.2, 0.25) is 10.0 Å². The third kappa shape index (κ3) is 6.25. The molecule has 9 heteroatoms. The van der Waals surface area contributed by atoms with Crippen LogP contribution in [0.1, 0.15) is 32.4 Å². The van der Waals surface area contributed by atoms with Crippen molar-refractivity contribution in [3.05, 3.63) is 64.2 Å². The second-order valence-electron chi connectivity index (χ2n) is 8.21. The number of nitrogens with one attached hydrogen (secondary N) is 3. The minimum atomic E-state index is -3.86. The molecule has 0 aliphatic heterocycles. The lowest BCUT2D eigenvalue weighted by molar-refractivity contribution is -0.890. The largest absolute Gasteiger partial charge is 0.373 e. The topological polar surface area (TPSA) is 106 Å². The van der Waals surface area contributed by atoms with E-state index >= 15 is 0 Å². The van der Waals surface area contributed by atoms with Gasteiger partial charge in [-0.2, -0.15) is 0 Å². The number of rotatable bonds is 8. The number of likely N-dealkylation sites (N-methyl/N-ethyl adjacent to an activating group) is 1. The molecule has 3 N–H and O–H groups in total. The quantitative estimate of drug-likeness (QED) is 0.446. The maximum atomic E-state index is 12.5. The van der Waals surface area contributed by atoms with Crippen LogP contribution in [0.15, 0.2) is 53.4 Å². The Morgan fingerprint density at radius 3 is 2.24 bits per heavy atom. The van der Waals surface area contributed by atoms with E-state index in [1.54, 1.807) is 20.8 Å². The van der Waals surface area contributed by atoms with E-state index in [-0.39, 0.29) is 22.3 Å². The summed E-state index contributed by atoms with van der Waals surface area (Å²) in [5.74, 6) is 0. The molecular formula is C20H29N4O4S+. The van der Waals surface area contributed by atoms with Gasteiger partial charge in [0.15, 0.2) is 0 Å². The summed E-state index contributed by atoms with van der Waals surface area (Å²) in [7, 11) is 0.166. The Bertz CT molecular complexity index is 954. The van der Waals surface area contributed by atoms with Gasteiger partial charge in [-0.3, -0.25) is 10.1 Å². The molecule has 0 bridgehead atoms. The Morgan fingerprint density at radius 1 is 1.10 bits per heavy atom. The Balaban J connectivity index is 2.30. The average Bonchev–Trinajstić information content (AvgIpc) is 2.60.